The van der Waals surface area contributed by atoms with E-state index < -0.39 is 0 Å². The molecule has 0 heterocycles. The van der Waals surface area contributed by atoms with Crippen LogP contribution in [-0.4, -0.2) is 12.9 Å². The molecule has 0 aliphatic rings. The second kappa shape index (κ2) is 5.72. The second-order valence-electron chi connectivity index (χ2n) is 6.30. The Labute approximate surface area is 126 Å². The Balaban J connectivity index is 2.55. The maximum Gasteiger partial charge on any atom is 0.159 e. The molecule has 2 rings (SSSR count). The maximum atomic E-state index is 11.5. The first kappa shape index (κ1) is 15.3. The minimum Gasteiger partial charge on any atom is -0.496 e. The number of carbonyl (C=O) groups is 1. The van der Waals surface area contributed by atoms with Crippen molar-refractivity contribution in [3.8, 4) is 16.9 Å². The molecule has 0 N–H and O–H groups in total. The molecule has 21 heavy (non-hydrogen) atoms. The van der Waals surface area contributed by atoms with Crippen LogP contribution in [0.4, 0.5) is 0 Å². The number of Topliss-reactive ketones (excluding diaryl/α,β-unsaturated/α-hetero) is 1. The van der Waals surface area contributed by atoms with Crippen molar-refractivity contribution in [3.63, 3.8) is 0 Å². The highest BCUT2D eigenvalue weighted by Crippen LogP contribution is 2.35. The van der Waals surface area contributed by atoms with E-state index in [0.29, 0.717) is 0 Å². The summed E-state index contributed by atoms with van der Waals surface area (Å²) in [5.74, 6) is 0.982. The number of carbonyl (C=O) groups excluding carboxylic acids is 1. The van der Waals surface area contributed by atoms with E-state index >= 15 is 0 Å². The van der Waals surface area contributed by atoms with Gasteiger partial charge in [0.25, 0.3) is 0 Å². The van der Waals surface area contributed by atoms with Crippen molar-refractivity contribution >= 4 is 5.78 Å². The van der Waals surface area contributed by atoms with Gasteiger partial charge in [-0.25, -0.2) is 0 Å². The molecule has 2 nitrogen and oxygen atoms in total. The minimum atomic E-state index is -0.000457. The number of ether oxygens (including phenoxy) is 1. The zero-order valence-corrected chi connectivity index (χ0v) is 13.4. The van der Waals surface area contributed by atoms with Crippen LogP contribution in [0.2, 0.25) is 0 Å². The summed E-state index contributed by atoms with van der Waals surface area (Å²) in [6.45, 7) is 8.09. The quantitative estimate of drug-likeness (QED) is 0.751. The van der Waals surface area contributed by atoms with Crippen molar-refractivity contribution in [1.82, 2.24) is 0 Å². The van der Waals surface area contributed by atoms with Gasteiger partial charge < -0.3 is 4.74 Å². The molecule has 0 bridgehead atoms. The average Bonchev–Trinajstić information content (AvgIpc) is 2.45. The Morgan fingerprint density at radius 2 is 1.67 bits per heavy atom. The first-order valence-corrected chi connectivity index (χ1v) is 7.13. The first-order valence-electron chi connectivity index (χ1n) is 7.13. The molecule has 0 atom stereocenters. The van der Waals surface area contributed by atoms with E-state index in [1.54, 1.807) is 14.0 Å². The summed E-state index contributed by atoms with van der Waals surface area (Å²) in [6.07, 6.45) is 0. The highest BCUT2D eigenvalue weighted by molar-refractivity contribution is 5.95. The van der Waals surface area contributed by atoms with Crippen molar-refractivity contribution in [3.05, 3.63) is 53.6 Å². The average molecular weight is 282 g/mol. The zero-order chi connectivity index (χ0) is 15.6. The lowest BCUT2D eigenvalue weighted by Gasteiger charge is -2.23. The van der Waals surface area contributed by atoms with Crippen molar-refractivity contribution in [2.75, 3.05) is 7.11 Å². The van der Waals surface area contributed by atoms with E-state index in [0.717, 1.165) is 28.0 Å². The van der Waals surface area contributed by atoms with E-state index in [1.165, 1.54) is 0 Å². The van der Waals surface area contributed by atoms with Gasteiger partial charge in [0.1, 0.15) is 5.75 Å². The Morgan fingerprint density at radius 1 is 1.00 bits per heavy atom. The zero-order valence-electron chi connectivity index (χ0n) is 13.4. The van der Waals surface area contributed by atoms with Crippen molar-refractivity contribution in [1.29, 1.82) is 0 Å². The molecule has 0 aliphatic carbocycles. The van der Waals surface area contributed by atoms with Crippen LogP contribution in [0, 0.1) is 0 Å². The number of ketones is 1. The van der Waals surface area contributed by atoms with E-state index in [-0.39, 0.29) is 11.2 Å². The SMILES string of the molecule is COc1ccc(-c2cccc(C(C)=O)c2)cc1C(C)(C)C. The van der Waals surface area contributed by atoms with E-state index in [4.69, 9.17) is 4.74 Å². The van der Waals surface area contributed by atoms with Gasteiger partial charge in [-0.2, -0.15) is 0 Å². The highest BCUT2D eigenvalue weighted by atomic mass is 16.5. The highest BCUT2D eigenvalue weighted by Gasteiger charge is 2.19. The van der Waals surface area contributed by atoms with Crippen LogP contribution in [0.1, 0.15) is 43.6 Å². The molecule has 0 fully saturated rings. The number of benzene rings is 2. The monoisotopic (exact) mass is 282 g/mol. The fourth-order valence-corrected chi connectivity index (χ4v) is 2.39. The molecule has 0 aromatic heterocycles. The van der Waals surface area contributed by atoms with Crippen molar-refractivity contribution in [2.45, 2.75) is 33.1 Å². The normalized spacial score (nSPS) is 11.3. The van der Waals surface area contributed by atoms with Gasteiger partial charge in [-0.15, -0.1) is 0 Å². The van der Waals surface area contributed by atoms with Crippen LogP contribution in [0.25, 0.3) is 11.1 Å². The molecule has 2 heteroatoms. The predicted molar refractivity (Wildman–Crippen MR) is 87.1 cm³/mol. The minimum absolute atomic E-state index is 0.000457. The summed E-state index contributed by atoms with van der Waals surface area (Å²) in [4.78, 5) is 11.5. The molecule has 2 aromatic rings. The molecular formula is C19H22O2. The molecular weight excluding hydrogens is 260 g/mol. The molecule has 0 saturated heterocycles. The van der Waals surface area contributed by atoms with Gasteiger partial charge in [0, 0.05) is 11.1 Å². The molecule has 0 amide bonds. The summed E-state index contributed by atoms with van der Waals surface area (Å²) in [5, 5.41) is 0. The lowest BCUT2D eigenvalue weighted by molar-refractivity contribution is 0.101. The summed E-state index contributed by atoms with van der Waals surface area (Å²) in [7, 11) is 1.70. The smallest absolute Gasteiger partial charge is 0.159 e. The number of rotatable bonds is 3. The van der Waals surface area contributed by atoms with Gasteiger partial charge in [-0.3, -0.25) is 4.79 Å². The third kappa shape index (κ3) is 3.33. The van der Waals surface area contributed by atoms with Crippen molar-refractivity contribution in [2.24, 2.45) is 0 Å². The fraction of sp³-hybridized carbons (Fsp3) is 0.316. The topological polar surface area (TPSA) is 26.3 Å². The van der Waals surface area contributed by atoms with Crippen LogP contribution < -0.4 is 4.74 Å². The second-order valence-corrected chi connectivity index (χ2v) is 6.30. The molecule has 0 spiro atoms. The summed E-state index contributed by atoms with van der Waals surface area (Å²) >= 11 is 0. The number of hydrogen-bond donors (Lipinski definition) is 0. The Hall–Kier alpha value is -2.09. The van der Waals surface area contributed by atoms with E-state index in [9.17, 15) is 4.79 Å². The third-order valence-corrected chi connectivity index (χ3v) is 3.61. The van der Waals surface area contributed by atoms with Crippen LogP contribution >= 0.6 is 0 Å². The third-order valence-electron chi connectivity index (χ3n) is 3.61. The lowest BCUT2D eigenvalue weighted by Crippen LogP contribution is -2.12. The van der Waals surface area contributed by atoms with Crippen LogP contribution in [0.15, 0.2) is 42.5 Å². The van der Waals surface area contributed by atoms with E-state index in [1.807, 2.05) is 36.4 Å². The Kier molecular flexibility index (Phi) is 4.17. The summed E-state index contributed by atoms with van der Waals surface area (Å²) < 4.78 is 5.47. The Morgan fingerprint density at radius 3 is 2.24 bits per heavy atom. The van der Waals surface area contributed by atoms with Crippen LogP contribution in [0.5, 0.6) is 5.75 Å². The van der Waals surface area contributed by atoms with Gasteiger partial charge >= 0.3 is 0 Å². The van der Waals surface area contributed by atoms with Crippen LogP contribution in [0.3, 0.4) is 0 Å². The molecule has 0 saturated carbocycles. The summed E-state index contributed by atoms with van der Waals surface area (Å²) in [6, 6.07) is 13.9. The molecule has 0 radical (unpaired) electrons. The maximum absolute atomic E-state index is 11.5. The van der Waals surface area contributed by atoms with Crippen LogP contribution in [-0.2, 0) is 5.41 Å². The van der Waals surface area contributed by atoms with Gasteiger partial charge in [-0.05, 0) is 41.7 Å². The molecule has 0 aliphatic heterocycles. The largest absolute Gasteiger partial charge is 0.496 e. The fourth-order valence-electron chi connectivity index (χ4n) is 2.39. The van der Waals surface area contributed by atoms with E-state index in [2.05, 4.69) is 26.8 Å². The van der Waals surface area contributed by atoms with Gasteiger partial charge in [0.05, 0.1) is 7.11 Å². The number of hydrogen-bond acceptors (Lipinski definition) is 2. The standard InChI is InChI=1S/C19H22O2/c1-13(20)14-7-6-8-15(11-14)16-9-10-18(21-5)17(12-16)19(2,3)4/h6-12H,1-5H3. The first-order chi connectivity index (χ1) is 9.82. The van der Waals surface area contributed by atoms with Gasteiger partial charge in [-0.1, -0.05) is 45.0 Å². The van der Waals surface area contributed by atoms with Crippen molar-refractivity contribution < 1.29 is 9.53 Å². The predicted octanol–water partition coefficient (Wildman–Crippen LogP) is 4.86. The Bertz CT molecular complexity index is 664. The molecule has 0 unspecified atom stereocenters. The lowest BCUT2D eigenvalue weighted by atomic mass is 9.84. The number of methoxy groups -OCH3 is 1. The summed E-state index contributed by atoms with van der Waals surface area (Å²) in [5.41, 5.74) is 4.05. The molecule has 110 valence electrons. The van der Waals surface area contributed by atoms with Gasteiger partial charge in [0.15, 0.2) is 5.78 Å². The molecule has 2 aromatic carbocycles. The van der Waals surface area contributed by atoms with Gasteiger partial charge in [0.2, 0.25) is 0 Å².